The van der Waals surface area contributed by atoms with Crippen LogP contribution in [-0.4, -0.2) is 17.8 Å². The monoisotopic (exact) mass is 276 g/mol. The first kappa shape index (κ1) is 12.3. The van der Waals surface area contributed by atoms with Crippen LogP contribution in [0.3, 0.4) is 0 Å². The Kier molecular flexibility index (Phi) is 4.35. The van der Waals surface area contributed by atoms with Gasteiger partial charge in [-0.2, -0.15) is 0 Å². The number of nitrogens with two attached hydrogens (primary N) is 1. The minimum atomic E-state index is -0.358. The van der Waals surface area contributed by atoms with E-state index < -0.39 is 0 Å². The number of rotatable bonds is 4. The number of hydrogen-bond donors (Lipinski definition) is 3. The van der Waals surface area contributed by atoms with E-state index in [4.69, 9.17) is 10.8 Å². The zero-order valence-corrected chi connectivity index (χ0v) is 10.0. The Bertz CT molecular complexity index is 346. The molecule has 0 amide bonds. The first-order chi connectivity index (χ1) is 7.04. The lowest BCUT2D eigenvalue weighted by Crippen LogP contribution is -2.17. The molecule has 1 atom stereocenters. The van der Waals surface area contributed by atoms with Gasteiger partial charge in [-0.15, -0.1) is 0 Å². The van der Waals surface area contributed by atoms with Gasteiger partial charge in [0.05, 0.1) is 15.8 Å². The van der Waals surface area contributed by atoms with Crippen LogP contribution in [-0.2, 0) is 0 Å². The average molecular weight is 277 g/mol. The van der Waals surface area contributed by atoms with Gasteiger partial charge in [0, 0.05) is 18.7 Å². The first-order valence-corrected chi connectivity index (χ1v) is 5.45. The molecule has 1 unspecified atom stereocenters. The van der Waals surface area contributed by atoms with Gasteiger partial charge in [0.15, 0.2) is 0 Å². The molecule has 15 heavy (non-hydrogen) atoms. The molecule has 0 radical (unpaired) electrons. The molecule has 0 bridgehead atoms. The maximum Gasteiger partial charge on any atom is 0.139 e. The van der Waals surface area contributed by atoms with Crippen molar-refractivity contribution < 1.29 is 9.50 Å². The summed E-state index contributed by atoms with van der Waals surface area (Å²) in [5, 5.41) is 11.8. The molecule has 0 aromatic heterocycles. The lowest BCUT2D eigenvalue weighted by atomic mass is 10.2. The second kappa shape index (κ2) is 5.32. The summed E-state index contributed by atoms with van der Waals surface area (Å²) in [6.45, 7) is 1.99. The van der Waals surface area contributed by atoms with Gasteiger partial charge >= 0.3 is 0 Å². The van der Waals surface area contributed by atoms with Crippen LogP contribution in [0.2, 0.25) is 0 Å². The smallest absolute Gasteiger partial charge is 0.139 e. The molecule has 84 valence electrons. The van der Waals surface area contributed by atoms with Crippen LogP contribution < -0.4 is 11.1 Å². The van der Waals surface area contributed by atoms with E-state index in [0.717, 1.165) is 0 Å². The van der Waals surface area contributed by atoms with Gasteiger partial charge in [-0.3, -0.25) is 0 Å². The third-order valence-corrected chi connectivity index (χ3v) is 2.66. The summed E-state index contributed by atoms with van der Waals surface area (Å²) < 4.78 is 13.6. The molecule has 0 aliphatic rings. The van der Waals surface area contributed by atoms with Crippen LogP contribution in [0.5, 0.6) is 0 Å². The summed E-state index contributed by atoms with van der Waals surface area (Å²) >= 11 is 3.05. The van der Waals surface area contributed by atoms with Gasteiger partial charge in [0.2, 0.25) is 0 Å². The van der Waals surface area contributed by atoms with Gasteiger partial charge in [-0.25, -0.2) is 4.39 Å². The lowest BCUT2D eigenvalue weighted by molar-refractivity contribution is 0.282. The predicted octanol–water partition coefficient (Wildman–Crippen LogP) is 2.35. The number of hydrogen-bond acceptors (Lipinski definition) is 3. The molecule has 3 nitrogen and oxygen atoms in total. The van der Waals surface area contributed by atoms with Crippen molar-refractivity contribution in [2.75, 3.05) is 17.7 Å². The Morgan fingerprint density at radius 2 is 2.27 bits per heavy atom. The van der Waals surface area contributed by atoms with Gasteiger partial charge in [0.25, 0.3) is 0 Å². The van der Waals surface area contributed by atoms with Crippen molar-refractivity contribution in [3.05, 3.63) is 22.4 Å². The van der Waals surface area contributed by atoms with Crippen molar-refractivity contribution in [3.8, 4) is 0 Å². The highest BCUT2D eigenvalue weighted by Gasteiger charge is 2.08. The molecule has 5 heteroatoms. The van der Waals surface area contributed by atoms with Crippen LogP contribution in [0, 0.1) is 5.82 Å². The largest absolute Gasteiger partial charge is 0.397 e. The van der Waals surface area contributed by atoms with E-state index >= 15 is 0 Å². The van der Waals surface area contributed by atoms with Crippen molar-refractivity contribution in [2.24, 2.45) is 0 Å². The van der Waals surface area contributed by atoms with Gasteiger partial charge in [-0.1, -0.05) is 0 Å². The maximum atomic E-state index is 13.2. The number of anilines is 2. The summed E-state index contributed by atoms with van der Waals surface area (Å²) in [5.41, 5.74) is 6.75. The number of benzene rings is 1. The molecule has 1 rings (SSSR count). The molecule has 1 aromatic carbocycles. The van der Waals surface area contributed by atoms with E-state index in [1.807, 2.05) is 6.92 Å². The highest BCUT2D eigenvalue weighted by molar-refractivity contribution is 9.10. The van der Waals surface area contributed by atoms with Gasteiger partial charge in [0.1, 0.15) is 5.82 Å². The summed E-state index contributed by atoms with van der Waals surface area (Å²) in [6.07, 6.45) is 0.594. The fraction of sp³-hybridized carbons (Fsp3) is 0.400. The van der Waals surface area contributed by atoms with Crippen LogP contribution in [0.15, 0.2) is 16.6 Å². The molecule has 0 saturated heterocycles. The molecule has 4 N–H and O–H groups in total. The highest BCUT2D eigenvalue weighted by Crippen LogP contribution is 2.27. The first-order valence-electron chi connectivity index (χ1n) is 4.66. The Labute approximate surface area is 96.6 Å². The Morgan fingerprint density at radius 3 is 2.87 bits per heavy atom. The van der Waals surface area contributed by atoms with Gasteiger partial charge in [-0.05, 0) is 35.3 Å². The van der Waals surface area contributed by atoms with Crippen molar-refractivity contribution in [3.63, 3.8) is 0 Å². The minimum absolute atomic E-state index is 0.0536. The third kappa shape index (κ3) is 3.35. The van der Waals surface area contributed by atoms with Crippen molar-refractivity contribution in [1.82, 2.24) is 0 Å². The minimum Gasteiger partial charge on any atom is -0.397 e. The Hall–Kier alpha value is -0.810. The van der Waals surface area contributed by atoms with E-state index in [-0.39, 0.29) is 18.5 Å². The standard InChI is InChI=1S/C10H14BrFN2O/c1-6(2-3-15)14-10-5-8(12)7(11)4-9(10)13/h4-6,14-15H,2-3,13H2,1H3. The fourth-order valence-electron chi connectivity index (χ4n) is 1.22. The summed E-state index contributed by atoms with van der Waals surface area (Å²) in [4.78, 5) is 0. The summed E-state index contributed by atoms with van der Waals surface area (Å²) in [7, 11) is 0. The normalized spacial score (nSPS) is 12.5. The van der Waals surface area contributed by atoms with Crippen LogP contribution in [0.1, 0.15) is 13.3 Å². The number of halogens is 2. The molecule has 0 fully saturated rings. The molecular weight excluding hydrogens is 263 g/mol. The third-order valence-electron chi connectivity index (χ3n) is 2.06. The SMILES string of the molecule is CC(CCO)Nc1cc(F)c(Br)cc1N. The molecule has 0 aliphatic heterocycles. The van der Waals surface area contributed by atoms with E-state index in [0.29, 0.717) is 22.3 Å². The van der Waals surface area contributed by atoms with Crippen LogP contribution in [0.4, 0.5) is 15.8 Å². The van der Waals surface area contributed by atoms with E-state index in [1.165, 1.54) is 12.1 Å². The molecule has 0 spiro atoms. The zero-order valence-electron chi connectivity index (χ0n) is 8.43. The second-order valence-corrected chi connectivity index (χ2v) is 4.27. The summed E-state index contributed by atoms with van der Waals surface area (Å²) in [6, 6.07) is 2.91. The number of aliphatic hydroxyl groups is 1. The van der Waals surface area contributed by atoms with Crippen LogP contribution in [0.25, 0.3) is 0 Å². The Balaban J connectivity index is 2.81. The van der Waals surface area contributed by atoms with E-state index in [9.17, 15) is 4.39 Å². The molecule has 0 saturated carbocycles. The molecular formula is C10H14BrFN2O. The molecule has 0 heterocycles. The van der Waals surface area contributed by atoms with Crippen molar-refractivity contribution in [1.29, 1.82) is 0 Å². The van der Waals surface area contributed by atoms with Crippen molar-refractivity contribution >= 4 is 27.3 Å². The predicted molar refractivity (Wildman–Crippen MR) is 63.3 cm³/mol. The van der Waals surface area contributed by atoms with E-state index in [2.05, 4.69) is 21.2 Å². The molecule has 0 aliphatic carbocycles. The van der Waals surface area contributed by atoms with Crippen LogP contribution >= 0.6 is 15.9 Å². The number of nitrogen functional groups attached to an aromatic ring is 1. The second-order valence-electron chi connectivity index (χ2n) is 3.41. The van der Waals surface area contributed by atoms with Gasteiger partial charge < -0.3 is 16.2 Å². The Morgan fingerprint density at radius 1 is 1.60 bits per heavy atom. The highest BCUT2D eigenvalue weighted by atomic mass is 79.9. The average Bonchev–Trinajstić information content (AvgIpc) is 2.14. The van der Waals surface area contributed by atoms with E-state index in [1.54, 1.807) is 0 Å². The topological polar surface area (TPSA) is 58.3 Å². The summed E-state index contributed by atoms with van der Waals surface area (Å²) in [5.74, 6) is -0.358. The lowest BCUT2D eigenvalue weighted by Gasteiger charge is -2.16. The molecule has 1 aromatic rings. The van der Waals surface area contributed by atoms with Crippen molar-refractivity contribution in [2.45, 2.75) is 19.4 Å². The zero-order chi connectivity index (χ0) is 11.4. The quantitative estimate of drug-likeness (QED) is 0.740. The number of aliphatic hydroxyl groups excluding tert-OH is 1. The maximum absolute atomic E-state index is 13.2. The fourth-order valence-corrected chi connectivity index (χ4v) is 1.58. The number of nitrogens with one attached hydrogen (secondary N) is 1.